The first-order valence-corrected chi connectivity index (χ1v) is 8.41. The molecule has 0 aliphatic carbocycles. The third-order valence-electron chi connectivity index (χ3n) is 3.52. The van der Waals surface area contributed by atoms with Crippen molar-refractivity contribution in [2.45, 2.75) is 26.6 Å². The molecule has 0 saturated carbocycles. The van der Waals surface area contributed by atoms with Crippen LogP contribution in [0.1, 0.15) is 25.7 Å². The zero-order valence-corrected chi connectivity index (χ0v) is 14.6. The van der Waals surface area contributed by atoms with Gasteiger partial charge < -0.3 is 14.7 Å². The molecule has 4 nitrogen and oxygen atoms in total. The predicted octanol–water partition coefficient (Wildman–Crippen LogP) is 3.01. The van der Waals surface area contributed by atoms with E-state index < -0.39 is 6.10 Å². The van der Waals surface area contributed by atoms with E-state index in [1.54, 1.807) is 23.3 Å². The summed E-state index contributed by atoms with van der Waals surface area (Å²) >= 11 is 1.61. The van der Waals surface area contributed by atoms with E-state index in [4.69, 9.17) is 4.74 Å². The number of carbonyl (C=O) groups is 1. The highest BCUT2D eigenvalue weighted by Gasteiger charge is 2.18. The Labute approximate surface area is 141 Å². The number of aliphatic hydroxyl groups excluding tert-OH is 1. The predicted molar refractivity (Wildman–Crippen MR) is 92.9 cm³/mol. The van der Waals surface area contributed by atoms with Crippen LogP contribution in [-0.4, -0.2) is 42.2 Å². The van der Waals surface area contributed by atoms with Gasteiger partial charge in [-0.1, -0.05) is 30.3 Å². The maximum absolute atomic E-state index is 12.4. The number of carbonyl (C=O) groups excluding carboxylic acids is 1. The number of nitrogens with zero attached hydrogens (tertiary/aromatic N) is 1. The standard InChI is InChI=1S/C18H23NO3S/c1-13-9-17(14(2)23-13)18(21)19(3)10-16(20)12-22-11-15-7-5-4-6-8-15/h4-9,16,20H,10-12H2,1-3H3. The minimum atomic E-state index is -0.701. The van der Waals surface area contributed by atoms with Crippen molar-refractivity contribution in [3.8, 4) is 0 Å². The smallest absolute Gasteiger partial charge is 0.254 e. The van der Waals surface area contributed by atoms with E-state index in [1.807, 2.05) is 50.2 Å². The fourth-order valence-corrected chi connectivity index (χ4v) is 3.30. The molecule has 0 fully saturated rings. The van der Waals surface area contributed by atoms with Gasteiger partial charge in [-0.05, 0) is 25.5 Å². The fraction of sp³-hybridized carbons (Fsp3) is 0.389. The average molecular weight is 333 g/mol. The number of aryl methyl sites for hydroxylation is 2. The Bertz CT molecular complexity index is 639. The first-order valence-electron chi connectivity index (χ1n) is 7.59. The number of thiophene rings is 1. The van der Waals surface area contributed by atoms with E-state index >= 15 is 0 Å². The van der Waals surface area contributed by atoms with Crippen molar-refractivity contribution < 1.29 is 14.6 Å². The van der Waals surface area contributed by atoms with Gasteiger partial charge in [-0.2, -0.15) is 0 Å². The molecule has 1 unspecified atom stereocenters. The van der Waals surface area contributed by atoms with Gasteiger partial charge in [-0.25, -0.2) is 0 Å². The molecule has 1 amide bonds. The molecule has 1 aromatic heterocycles. The number of aliphatic hydroxyl groups is 1. The maximum Gasteiger partial charge on any atom is 0.254 e. The zero-order chi connectivity index (χ0) is 16.8. The van der Waals surface area contributed by atoms with Crippen molar-refractivity contribution in [1.29, 1.82) is 0 Å². The number of hydrogen-bond acceptors (Lipinski definition) is 4. The summed E-state index contributed by atoms with van der Waals surface area (Å²) in [6.07, 6.45) is -0.701. The van der Waals surface area contributed by atoms with Crippen LogP contribution in [0.25, 0.3) is 0 Å². The molecule has 0 aliphatic heterocycles. The molecule has 0 saturated heterocycles. The van der Waals surface area contributed by atoms with E-state index in [1.165, 1.54) is 0 Å². The molecule has 1 atom stereocenters. The highest BCUT2D eigenvalue weighted by molar-refractivity contribution is 7.12. The lowest BCUT2D eigenvalue weighted by molar-refractivity contribution is 0.0137. The highest BCUT2D eigenvalue weighted by Crippen LogP contribution is 2.21. The number of amides is 1. The summed E-state index contributed by atoms with van der Waals surface area (Å²) in [4.78, 5) is 16.1. The van der Waals surface area contributed by atoms with E-state index in [-0.39, 0.29) is 19.1 Å². The van der Waals surface area contributed by atoms with Crippen molar-refractivity contribution in [3.05, 3.63) is 57.3 Å². The van der Waals surface area contributed by atoms with Gasteiger partial charge in [-0.3, -0.25) is 4.79 Å². The lowest BCUT2D eigenvalue weighted by Gasteiger charge is -2.21. The summed E-state index contributed by atoms with van der Waals surface area (Å²) < 4.78 is 5.51. The number of likely N-dealkylation sites (N-methyl/N-ethyl adjacent to an activating group) is 1. The third-order valence-corrected chi connectivity index (χ3v) is 4.49. The maximum atomic E-state index is 12.4. The van der Waals surface area contributed by atoms with Gasteiger partial charge in [-0.15, -0.1) is 11.3 Å². The van der Waals surface area contributed by atoms with Crippen LogP contribution in [0, 0.1) is 13.8 Å². The molecule has 1 heterocycles. The molecule has 23 heavy (non-hydrogen) atoms. The Morgan fingerprint density at radius 2 is 2.00 bits per heavy atom. The summed E-state index contributed by atoms with van der Waals surface area (Å²) in [6.45, 7) is 4.84. The normalized spacial score (nSPS) is 12.2. The molecule has 0 bridgehead atoms. The van der Waals surface area contributed by atoms with Crippen LogP contribution in [0.2, 0.25) is 0 Å². The van der Waals surface area contributed by atoms with E-state index in [0.717, 1.165) is 15.3 Å². The lowest BCUT2D eigenvalue weighted by Crippen LogP contribution is -2.36. The van der Waals surface area contributed by atoms with Gasteiger partial charge in [0.05, 0.1) is 24.9 Å². The molecule has 1 N–H and O–H groups in total. The van der Waals surface area contributed by atoms with Crippen LogP contribution >= 0.6 is 11.3 Å². The Balaban J connectivity index is 1.79. The largest absolute Gasteiger partial charge is 0.389 e. The molecule has 0 spiro atoms. The fourth-order valence-electron chi connectivity index (χ4n) is 2.39. The summed E-state index contributed by atoms with van der Waals surface area (Å²) in [6, 6.07) is 11.7. The van der Waals surface area contributed by atoms with Gasteiger partial charge in [0.25, 0.3) is 5.91 Å². The van der Waals surface area contributed by atoms with E-state index in [2.05, 4.69) is 0 Å². The summed E-state index contributed by atoms with van der Waals surface area (Å²) in [5, 5.41) is 10.1. The number of hydrogen-bond donors (Lipinski definition) is 1. The van der Waals surface area contributed by atoms with E-state index in [9.17, 15) is 9.90 Å². The van der Waals surface area contributed by atoms with Crippen molar-refractivity contribution >= 4 is 17.2 Å². The van der Waals surface area contributed by atoms with Crippen molar-refractivity contribution in [2.75, 3.05) is 20.2 Å². The SMILES string of the molecule is Cc1cc(C(=O)N(C)CC(O)COCc2ccccc2)c(C)s1. The van der Waals surface area contributed by atoms with Gasteiger partial charge in [0.15, 0.2) is 0 Å². The van der Waals surface area contributed by atoms with Crippen molar-refractivity contribution in [2.24, 2.45) is 0 Å². The lowest BCUT2D eigenvalue weighted by atomic mass is 10.2. The Kier molecular flexibility index (Phi) is 6.33. The Hall–Kier alpha value is -1.69. The minimum Gasteiger partial charge on any atom is -0.389 e. The summed E-state index contributed by atoms with van der Waals surface area (Å²) in [5.41, 5.74) is 1.78. The summed E-state index contributed by atoms with van der Waals surface area (Å²) in [5.74, 6) is -0.0611. The monoisotopic (exact) mass is 333 g/mol. The minimum absolute atomic E-state index is 0.0611. The van der Waals surface area contributed by atoms with Gasteiger partial charge in [0.1, 0.15) is 0 Å². The number of benzene rings is 1. The molecule has 5 heteroatoms. The molecule has 124 valence electrons. The second-order valence-electron chi connectivity index (χ2n) is 5.67. The van der Waals surface area contributed by atoms with Crippen LogP contribution in [0.5, 0.6) is 0 Å². The molecule has 2 rings (SSSR count). The molecule has 2 aromatic rings. The second kappa shape index (κ2) is 8.24. The topological polar surface area (TPSA) is 49.8 Å². The van der Waals surface area contributed by atoms with Gasteiger partial charge >= 0.3 is 0 Å². The average Bonchev–Trinajstić information content (AvgIpc) is 2.86. The molecule has 0 aliphatic rings. The molecule has 0 radical (unpaired) electrons. The van der Waals surface area contributed by atoms with Crippen molar-refractivity contribution in [3.63, 3.8) is 0 Å². The Morgan fingerprint density at radius 3 is 2.61 bits per heavy atom. The number of rotatable bonds is 7. The first kappa shape index (κ1) is 17.7. The highest BCUT2D eigenvalue weighted by atomic mass is 32.1. The van der Waals surface area contributed by atoms with Crippen LogP contribution in [0.3, 0.4) is 0 Å². The second-order valence-corrected chi connectivity index (χ2v) is 7.13. The van der Waals surface area contributed by atoms with Crippen molar-refractivity contribution in [1.82, 2.24) is 4.90 Å². The van der Waals surface area contributed by atoms with Crippen LogP contribution in [0.4, 0.5) is 0 Å². The van der Waals surface area contributed by atoms with Gasteiger partial charge in [0.2, 0.25) is 0 Å². The molecular formula is C18H23NO3S. The van der Waals surface area contributed by atoms with Crippen LogP contribution < -0.4 is 0 Å². The molecule has 1 aromatic carbocycles. The Morgan fingerprint density at radius 1 is 1.30 bits per heavy atom. The summed E-state index contributed by atoms with van der Waals surface area (Å²) in [7, 11) is 1.70. The molecular weight excluding hydrogens is 310 g/mol. The quantitative estimate of drug-likeness (QED) is 0.847. The van der Waals surface area contributed by atoms with E-state index in [0.29, 0.717) is 12.2 Å². The first-order chi connectivity index (χ1) is 11.0. The van der Waals surface area contributed by atoms with Crippen LogP contribution in [0.15, 0.2) is 36.4 Å². The number of ether oxygens (including phenoxy) is 1. The third kappa shape index (κ3) is 5.16. The zero-order valence-electron chi connectivity index (χ0n) is 13.8. The van der Waals surface area contributed by atoms with Crippen LogP contribution in [-0.2, 0) is 11.3 Å². The van der Waals surface area contributed by atoms with Gasteiger partial charge in [0, 0.05) is 23.3 Å².